The third-order valence-electron chi connectivity index (χ3n) is 4.28. The van der Waals surface area contributed by atoms with Gasteiger partial charge in [-0.15, -0.1) is 10.2 Å². The molecule has 2 atom stereocenters. The predicted molar refractivity (Wildman–Crippen MR) is 95.0 cm³/mol. The average Bonchev–Trinajstić information content (AvgIpc) is 3.08. The van der Waals surface area contributed by atoms with Gasteiger partial charge >= 0.3 is 12.2 Å². The molecule has 0 saturated carbocycles. The van der Waals surface area contributed by atoms with E-state index in [0.717, 1.165) is 29.2 Å². The quantitative estimate of drug-likeness (QED) is 0.502. The van der Waals surface area contributed by atoms with Crippen LogP contribution in [0.25, 0.3) is 0 Å². The third-order valence-corrected chi connectivity index (χ3v) is 4.62. The number of rotatable bonds is 6. The van der Waals surface area contributed by atoms with Crippen LogP contribution in [0.2, 0.25) is 5.02 Å². The van der Waals surface area contributed by atoms with Crippen LogP contribution in [0, 0.1) is 11.6 Å². The highest BCUT2D eigenvalue weighted by atomic mass is 35.5. The minimum atomic E-state index is -4.60. The van der Waals surface area contributed by atoms with Crippen molar-refractivity contribution in [1.82, 2.24) is 20.4 Å². The summed E-state index contributed by atoms with van der Waals surface area (Å²) in [5.74, 6) is -3.57. The van der Waals surface area contributed by atoms with Crippen LogP contribution in [-0.2, 0) is 4.79 Å². The monoisotopic (exact) mass is 465 g/mol. The molecule has 1 aromatic heterocycles. The van der Waals surface area contributed by atoms with E-state index in [1.54, 1.807) is 0 Å². The standard InChI is InChI=1S/C17H13ClF5N5O3/c18-12-8(19)2-1-7(13(12)20)14(28-5-10(15(24)29)25-16(28)30)9-3-4-11(27-26-9)31-6-17(21,22)23/h1-4,10,14H,5-6H2,(H2,24,29)(H,25,30)/t10?,14-/m0/s1. The van der Waals surface area contributed by atoms with Crippen molar-refractivity contribution in [3.63, 3.8) is 0 Å². The maximum atomic E-state index is 14.7. The van der Waals surface area contributed by atoms with Gasteiger partial charge in [-0.3, -0.25) is 4.79 Å². The minimum absolute atomic E-state index is 0.110. The largest absolute Gasteiger partial charge is 0.467 e. The molecule has 1 saturated heterocycles. The van der Waals surface area contributed by atoms with Gasteiger partial charge in [-0.1, -0.05) is 17.7 Å². The fourth-order valence-electron chi connectivity index (χ4n) is 2.89. The Morgan fingerprint density at radius 1 is 1.29 bits per heavy atom. The Bertz CT molecular complexity index is 1000. The Morgan fingerprint density at radius 3 is 2.55 bits per heavy atom. The predicted octanol–water partition coefficient (Wildman–Crippen LogP) is 2.32. The number of amides is 3. The normalized spacial score (nSPS) is 17.4. The number of carbonyl (C=O) groups is 2. The van der Waals surface area contributed by atoms with E-state index in [4.69, 9.17) is 17.3 Å². The van der Waals surface area contributed by atoms with Gasteiger partial charge in [0.1, 0.15) is 28.7 Å². The highest BCUT2D eigenvalue weighted by Crippen LogP contribution is 2.34. The van der Waals surface area contributed by atoms with Crippen LogP contribution in [0.5, 0.6) is 5.88 Å². The van der Waals surface area contributed by atoms with E-state index in [1.165, 1.54) is 0 Å². The van der Waals surface area contributed by atoms with E-state index in [2.05, 4.69) is 20.3 Å². The number of primary amides is 1. The summed E-state index contributed by atoms with van der Waals surface area (Å²) >= 11 is 5.64. The summed E-state index contributed by atoms with van der Waals surface area (Å²) in [5, 5.41) is 8.67. The Morgan fingerprint density at radius 2 is 2.00 bits per heavy atom. The number of nitrogens with one attached hydrogen (secondary N) is 1. The second kappa shape index (κ2) is 8.49. The molecule has 0 radical (unpaired) electrons. The van der Waals surface area contributed by atoms with Crippen molar-refractivity contribution in [2.24, 2.45) is 5.73 Å². The Balaban J connectivity index is 2.00. The lowest BCUT2D eigenvalue weighted by Gasteiger charge is -2.27. The van der Waals surface area contributed by atoms with E-state index < -0.39 is 59.3 Å². The number of nitrogens with two attached hydrogens (primary N) is 1. The molecule has 2 heterocycles. The zero-order chi connectivity index (χ0) is 22.9. The first-order valence-corrected chi connectivity index (χ1v) is 8.88. The molecule has 3 amide bonds. The van der Waals surface area contributed by atoms with Gasteiger partial charge in [0.2, 0.25) is 11.8 Å². The summed E-state index contributed by atoms with van der Waals surface area (Å²) in [6.07, 6.45) is -4.60. The van der Waals surface area contributed by atoms with Crippen LogP contribution < -0.4 is 15.8 Å². The molecule has 1 fully saturated rings. The van der Waals surface area contributed by atoms with Crippen molar-refractivity contribution in [3.8, 4) is 5.88 Å². The van der Waals surface area contributed by atoms with Crippen molar-refractivity contribution < 1.29 is 36.3 Å². The number of nitrogens with zero attached hydrogens (tertiary/aromatic N) is 3. The van der Waals surface area contributed by atoms with Crippen molar-refractivity contribution >= 4 is 23.5 Å². The number of benzene rings is 1. The summed E-state index contributed by atoms with van der Waals surface area (Å²) in [7, 11) is 0. The molecule has 2 aromatic rings. The molecule has 1 aromatic carbocycles. The van der Waals surface area contributed by atoms with Crippen LogP contribution >= 0.6 is 11.6 Å². The van der Waals surface area contributed by atoms with Gasteiger partial charge in [0.05, 0.1) is 12.2 Å². The lowest BCUT2D eigenvalue weighted by molar-refractivity contribution is -0.154. The molecular weight excluding hydrogens is 453 g/mol. The molecular formula is C17H13ClF5N5O3. The zero-order valence-corrected chi connectivity index (χ0v) is 16.0. The van der Waals surface area contributed by atoms with E-state index in [-0.39, 0.29) is 17.8 Å². The third kappa shape index (κ3) is 4.93. The first-order valence-electron chi connectivity index (χ1n) is 8.51. The van der Waals surface area contributed by atoms with Gasteiger partial charge in [-0.2, -0.15) is 13.2 Å². The molecule has 166 valence electrons. The molecule has 1 unspecified atom stereocenters. The SMILES string of the molecule is NC(=O)C1CN([C@H](c2ccc(OCC(F)(F)F)nn2)c2ccc(F)c(Cl)c2F)C(=O)N1. The fraction of sp³-hybridized carbons (Fsp3) is 0.294. The summed E-state index contributed by atoms with van der Waals surface area (Å²) in [5.41, 5.74) is 4.80. The van der Waals surface area contributed by atoms with Gasteiger partial charge in [0.25, 0.3) is 0 Å². The van der Waals surface area contributed by atoms with Gasteiger partial charge in [-0.25, -0.2) is 13.6 Å². The Hall–Kier alpha value is -3.22. The number of alkyl halides is 3. The Kier molecular flexibility index (Phi) is 6.15. The van der Waals surface area contributed by atoms with Gasteiger partial charge in [0.15, 0.2) is 6.61 Å². The fourth-order valence-corrected chi connectivity index (χ4v) is 3.06. The molecule has 0 bridgehead atoms. The lowest BCUT2D eigenvalue weighted by Crippen LogP contribution is -2.39. The molecule has 3 N–H and O–H groups in total. The number of aromatic nitrogens is 2. The van der Waals surface area contributed by atoms with Crippen molar-refractivity contribution in [2.75, 3.05) is 13.2 Å². The van der Waals surface area contributed by atoms with Gasteiger partial charge < -0.3 is 20.7 Å². The maximum Gasteiger partial charge on any atom is 0.422 e. The van der Waals surface area contributed by atoms with Crippen LogP contribution in [-0.4, -0.2) is 52.4 Å². The molecule has 0 aliphatic carbocycles. The van der Waals surface area contributed by atoms with Crippen LogP contribution in [0.3, 0.4) is 0 Å². The molecule has 31 heavy (non-hydrogen) atoms. The summed E-state index contributed by atoms with van der Waals surface area (Å²) < 4.78 is 69.7. The number of urea groups is 1. The smallest absolute Gasteiger partial charge is 0.422 e. The molecule has 14 heteroatoms. The lowest BCUT2D eigenvalue weighted by atomic mass is 10.0. The Labute approximate surface area is 176 Å². The summed E-state index contributed by atoms with van der Waals surface area (Å²) in [6, 6.07) is 0.786. The zero-order valence-electron chi connectivity index (χ0n) is 15.3. The van der Waals surface area contributed by atoms with Gasteiger partial charge in [-0.05, 0) is 12.1 Å². The number of ether oxygens (including phenoxy) is 1. The van der Waals surface area contributed by atoms with Crippen molar-refractivity contribution in [3.05, 3.63) is 52.2 Å². The molecule has 1 aliphatic heterocycles. The van der Waals surface area contributed by atoms with Crippen LogP contribution in [0.1, 0.15) is 17.3 Å². The highest BCUT2D eigenvalue weighted by molar-refractivity contribution is 6.31. The summed E-state index contributed by atoms with van der Waals surface area (Å²) in [6.45, 7) is -1.90. The van der Waals surface area contributed by atoms with Crippen LogP contribution in [0.4, 0.5) is 26.7 Å². The topological polar surface area (TPSA) is 110 Å². The number of carbonyl (C=O) groups excluding carboxylic acids is 2. The average molecular weight is 466 g/mol. The minimum Gasteiger partial charge on any atom is -0.467 e. The number of hydrogen-bond acceptors (Lipinski definition) is 5. The second-order valence-corrected chi connectivity index (χ2v) is 6.80. The first kappa shape index (κ1) is 22.5. The second-order valence-electron chi connectivity index (χ2n) is 6.42. The molecule has 0 spiro atoms. The number of hydrogen-bond donors (Lipinski definition) is 2. The highest BCUT2D eigenvalue weighted by Gasteiger charge is 2.40. The van der Waals surface area contributed by atoms with E-state index in [1.807, 2.05) is 0 Å². The van der Waals surface area contributed by atoms with Crippen LogP contribution in [0.15, 0.2) is 24.3 Å². The van der Waals surface area contributed by atoms with E-state index in [0.29, 0.717) is 0 Å². The van der Waals surface area contributed by atoms with Crippen molar-refractivity contribution in [2.45, 2.75) is 18.3 Å². The molecule has 8 nitrogen and oxygen atoms in total. The summed E-state index contributed by atoms with van der Waals surface area (Å²) in [4.78, 5) is 24.8. The molecule has 3 rings (SSSR count). The number of halogens is 6. The van der Waals surface area contributed by atoms with Crippen molar-refractivity contribution in [1.29, 1.82) is 0 Å². The van der Waals surface area contributed by atoms with E-state index >= 15 is 0 Å². The molecule has 1 aliphatic rings. The van der Waals surface area contributed by atoms with E-state index in [9.17, 15) is 31.5 Å². The maximum absolute atomic E-state index is 14.7. The first-order chi connectivity index (χ1) is 14.5. The van der Waals surface area contributed by atoms with Gasteiger partial charge in [0, 0.05) is 11.6 Å².